The zero-order valence-electron chi connectivity index (χ0n) is 12.7. The van der Waals surface area contributed by atoms with Crippen LogP contribution in [-0.2, 0) is 0 Å². The summed E-state index contributed by atoms with van der Waals surface area (Å²) in [7, 11) is 1.63. The first-order valence-corrected chi connectivity index (χ1v) is 7.94. The Labute approximate surface area is 144 Å². The fourth-order valence-electron chi connectivity index (χ4n) is 1.95. The third kappa shape index (κ3) is 4.10. The van der Waals surface area contributed by atoms with E-state index in [2.05, 4.69) is 34.2 Å². The lowest BCUT2D eigenvalue weighted by molar-refractivity contribution is 0.324. The molecule has 0 radical (unpaired) electrons. The van der Waals surface area contributed by atoms with Crippen LogP contribution in [0.3, 0.4) is 0 Å². The predicted molar refractivity (Wildman–Crippen MR) is 99.8 cm³/mol. The van der Waals surface area contributed by atoms with Gasteiger partial charge >= 0.3 is 0 Å². The molecular formula is C18H18INO2. The Balaban J connectivity index is 2.31. The molecule has 0 atom stereocenters. The summed E-state index contributed by atoms with van der Waals surface area (Å²) in [5.74, 6) is 1.43. The Hall–Kier alpha value is -1.82. The average molecular weight is 407 g/mol. The van der Waals surface area contributed by atoms with Gasteiger partial charge in [-0.1, -0.05) is 30.9 Å². The van der Waals surface area contributed by atoms with Crippen LogP contribution >= 0.6 is 22.6 Å². The molecule has 4 heteroatoms. The van der Waals surface area contributed by atoms with E-state index in [1.807, 2.05) is 49.5 Å². The van der Waals surface area contributed by atoms with E-state index < -0.39 is 0 Å². The summed E-state index contributed by atoms with van der Waals surface area (Å²) in [4.78, 5) is 4.54. The molecule has 0 N–H and O–H groups in total. The summed E-state index contributed by atoms with van der Waals surface area (Å²) in [5, 5.41) is 0. The molecule has 0 amide bonds. The Morgan fingerprint density at radius 2 is 2.05 bits per heavy atom. The summed E-state index contributed by atoms with van der Waals surface area (Å²) in [6, 6.07) is 12.0. The average Bonchev–Trinajstić information content (AvgIpc) is 2.52. The molecule has 0 bridgehead atoms. The van der Waals surface area contributed by atoms with Gasteiger partial charge in [-0.2, -0.15) is 0 Å². The van der Waals surface area contributed by atoms with Crippen LogP contribution in [0.2, 0.25) is 0 Å². The molecule has 0 heterocycles. The maximum Gasteiger partial charge on any atom is 0.174 e. The van der Waals surface area contributed by atoms with E-state index in [0.29, 0.717) is 12.4 Å². The molecule has 0 saturated heterocycles. The van der Waals surface area contributed by atoms with Crippen LogP contribution in [0.4, 0.5) is 5.69 Å². The molecule has 0 aliphatic heterocycles. The molecule has 0 saturated carbocycles. The van der Waals surface area contributed by atoms with E-state index in [1.54, 1.807) is 13.2 Å². The first kappa shape index (κ1) is 16.5. The molecule has 0 aliphatic rings. The molecule has 2 aromatic carbocycles. The highest BCUT2D eigenvalue weighted by Crippen LogP contribution is 2.33. The Morgan fingerprint density at radius 1 is 1.27 bits per heavy atom. The van der Waals surface area contributed by atoms with E-state index in [1.165, 1.54) is 0 Å². The molecule has 0 aliphatic carbocycles. The lowest BCUT2D eigenvalue weighted by Crippen LogP contribution is -1.99. The van der Waals surface area contributed by atoms with Crippen molar-refractivity contribution in [2.24, 2.45) is 4.99 Å². The normalized spacial score (nSPS) is 10.7. The minimum atomic E-state index is 0.447. The number of hydrogen-bond donors (Lipinski definition) is 0. The van der Waals surface area contributed by atoms with Gasteiger partial charge in [0.05, 0.1) is 16.4 Å². The van der Waals surface area contributed by atoms with Crippen molar-refractivity contribution in [1.29, 1.82) is 0 Å². The fraction of sp³-hybridized carbons (Fsp3) is 0.167. The van der Waals surface area contributed by atoms with E-state index in [4.69, 9.17) is 9.47 Å². The van der Waals surface area contributed by atoms with Gasteiger partial charge in [-0.05, 0) is 58.8 Å². The third-order valence-electron chi connectivity index (χ3n) is 3.07. The summed E-state index contributed by atoms with van der Waals surface area (Å²) in [5.41, 5.74) is 3.07. The highest BCUT2D eigenvalue weighted by atomic mass is 127. The van der Waals surface area contributed by atoms with Crippen LogP contribution in [0.25, 0.3) is 0 Å². The minimum absolute atomic E-state index is 0.447. The summed E-state index contributed by atoms with van der Waals surface area (Å²) >= 11 is 2.23. The number of halogens is 1. The Kier molecular flexibility index (Phi) is 6.00. The molecule has 0 spiro atoms. The second kappa shape index (κ2) is 7.98. The lowest BCUT2D eigenvalue weighted by Gasteiger charge is -2.12. The van der Waals surface area contributed by atoms with Crippen LogP contribution in [0, 0.1) is 10.5 Å². The second-order valence-electron chi connectivity index (χ2n) is 4.68. The number of hydrogen-bond acceptors (Lipinski definition) is 3. The molecule has 114 valence electrons. The number of aliphatic imine (C=N–C) groups is 1. The monoisotopic (exact) mass is 407 g/mol. The van der Waals surface area contributed by atoms with Crippen molar-refractivity contribution < 1.29 is 9.47 Å². The first-order chi connectivity index (χ1) is 10.7. The largest absolute Gasteiger partial charge is 0.493 e. The number of nitrogens with zero attached hydrogens (tertiary/aromatic N) is 1. The van der Waals surface area contributed by atoms with Gasteiger partial charge in [0.2, 0.25) is 0 Å². The van der Waals surface area contributed by atoms with Crippen LogP contribution in [0.1, 0.15) is 11.1 Å². The van der Waals surface area contributed by atoms with Gasteiger partial charge in [-0.3, -0.25) is 4.99 Å². The van der Waals surface area contributed by atoms with E-state index in [9.17, 15) is 0 Å². The Morgan fingerprint density at radius 3 is 2.73 bits per heavy atom. The van der Waals surface area contributed by atoms with Gasteiger partial charge in [-0.25, -0.2) is 0 Å². The van der Waals surface area contributed by atoms with Crippen LogP contribution < -0.4 is 9.47 Å². The number of benzene rings is 2. The summed E-state index contributed by atoms with van der Waals surface area (Å²) in [6.45, 7) is 6.15. The minimum Gasteiger partial charge on any atom is -0.493 e. The molecule has 22 heavy (non-hydrogen) atoms. The molecule has 0 aromatic heterocycles. The molecule has 3 nitrogen and oxygen atoms in total. The van der Waals surface area contributed by atoms with E-state index >= 15 is 0 Å². The van der Waals surface area contributed by atoms with Crippen molar-refractivity contribution in [2.75, 3.05) is 13.7 Å². The Bertz CT molecular complexity index is 695. The van der Waals surface area contributed by atoms with E-state index in [-0.39, 0.29) is 0 Å². The van der Waals surface area contributed by atoms with Crippen molar-refractivity contribution in [3.8, 4) is 11.5 Å². The number of para-hydroxylation sites is 1. The van der Waals surface area contributed by atoms with Gasteiger partial charge in [0.15, 0.2) is 11.5 Å². The lowest BCUT2D eigenvalue weighted by atomic mass is 10.2. The van der Waals surface area contributed by atoms with Crippen molar-refractivity contribution in [2.45, 2.75) is 6.92 Å². The number of methoxy groups -OCH3 is 1. The standard InChI is InChI=1S/C18H18INO2/c1-4-9-22-18-15(19)10-14(11-17(18)21-3)12-20-16-8-6-5-7-13(16)2/h4-8,10-12H,1,9H2,2-3H3. The SMILES string of the molecule is C=CCOc1c(I)cc(C=Nc2ccccc2C)cc1OC. The first-order valence-electron chi connectivity index (χ1n) is 6.86. The zero-order valence-corrected chi connectivity index (χ0v) is 14.8. The summed E-state index contributed by atoms with van der Waals surface area (Å²) in [6.07, 6.45) is 3.55. The van der Waals surface area contributed by atoms with E-state index in [0.717, 1.165) is 26.1 Å². The number of rotatable bonds is 6. The van der Waals surface area contributed by atoms with Crippen molar-refractivity contribution >= 4 is 34.5 Å². The predicted octanol–water partition coefficient (Wildman–Crippen LogP) is 4.92. The van der Waals surface area contributed by atoms with Crippen molar-refractivity contribution in [1.82, 2.24) is 0 Å². The second-order valence-corrected chi connectivity index (χ2v) is 5.84. The quantitative estimate of drug-likeness (QED) is 0.387. The van der Waals surface area contributed by atoms with Crippen LogP contribution in [0.5, 0.6) is 11.5 Å². The third-order valence-corrected chi connectivity index (χ3v) is 3.87. The molecule has 0 unspecified atom stereocenters. The van der Waals surface area contributed by atoms with Gasteiger partial charge in [-0.15, -0.1) is 0 Å². The maximum absolute atomic E-state index is 5.65. The fourth-order valence-corrected chi connectivity index (χ4v) is 2.73. The highest BCUT2D eigenvalue weighted by molar-refractivity contribution is 14.1. The maximum atomic E-state index is 5.65. The zero-order chi connectivity index (χ0) is 15.9. The molecule has 2 rings (SSSR count). The smallest absolute Gasteiger partial charge is 0.174 e. The molecule has 2 aromatic rings. The number of ether oxygens (including phenoxy) is 2. The highest BCUT2D eigenvalue weighted by Gasteiger charge is 2.10. The summed E-state index contributed by atoms with van der Waals surface area (Å²) < 4.78 is 12.0. The molecule has 0 fully saturated rings. The van der Waals surface area contributed by atoms with Gasteiger partial charge in [0, 0.05) is 6.21 Å². The van der Waals surface area contributed by atoms with Crippen molar-refractivity contribution in [3.05, 3.63) is 63.8 Å². The van der Waals surface area contributed by atoms with Crippen LogP contribution in [-0.4, -0.2) is 19.9 Å². The topological polar surface area (TPSA) is 30.8 Å². The van der Waals surface area contributed by atoms with Gasteiger partial charge in [0.1, 0.15) is 6.61 Å². The van der Waals surface area contributed by atoms with Gasteiger partial charge < -0.3 is 9.47 Å². The van der Waals surface area contributed by atoms with Crippen molar-refractivity contribution in [3.63, 3.8) is 0 Å². The number of aryl methyl sites for hydroxylation is 1. The van der Waals surface area contributed by atoms with Crippen LogP contribution in [0.15, 0.2) is 54.0 Å². The molecular weight excluding hydrogens is 389 g/mol. The van der Waals surface area contributed by atoms with Gasteiger partial charge in [0.25, 0.3) is 0 Å².